The molecule has 3 nitrogen and oxygen atoms in total. The summed E-state index contributed by atoms with van der Waals surface area (Å²) in [5, 5.41) is 10.1. The van der Waals surface area contributed by atoms with Crippen LogP contribution < -0.4 is 4.74 Å². The summed E-state index contributed by atoms with van der Waals surface area (Å²) in [6, 6.07) is 11.9. The topological polar surface area (TPSA) is 46.5 Å². The molecule has 0 heterocycles. The van der Waals surface area contributed by atoms with Crippen molar-refractivity contribution in [3.05, 3.63) is 52.5 Å². The first-order valence-corrected chi connectivity index (χ1v) is 9.78. The number of halogens is 1. The Morgan fingerprint density at radius 1 is 1.15 bits per heavy atom. The fraction of sp³-hybridized carbons (Fsp3) is 0.409. The van der Waals surface area contributed by atoms with Gasteiger partial charge in [-0.1, -0.05) is 48.7 Å². The number of carbonyl (C=O) groups is 1. The smallest absolute Gasteiger partial charge is 0.310 e. The molecule has 0 amide bonds. The van der Waals surface area contributed by atoms with E-state index in [1.807, 2.05) is 24.3 Å². The molecule has 0 bridgehead atoms. The summed E-state index contributed by atoms with van der Waals surface area (Å²) in [6.07, 6.45) is 6.51. The highest BCUT2D eigenvalue weighted by Crippen LogP contribution is 2.41. The second-order valence-electron chi connectivity index (χ2n) is 7.42. The van der Waals surface area contributed by atoms with Gasteiger partial charge < -0.3 is 9.84 Å². The zero-order valence-electron chi connectivity index (χ0n) is 14.7. The molecule has 1 atom stereocenters. The first-order chi connectivity index (χ1) is 12.6. The number of para-hydroxylation sites is 1. The third kappa shape index (κ3) is 3.33. The average Bonchev–Trinajstić information content (AvgIpc) is 3.29. The lowest BCUT2D eigenvalue weighted by Crippen LogP contribution is -2.09. The van der Waals surface area contributed by atoms with E-state index >= 15 is 0 Å². The lowest BCUT2D eigenvalue weighted by atomic mass is 9.96. The van der Waals surface area contributed by atoms with Crippen LogP contribution in [-0.4, -0.2) is 17.7 Å². The Morgan fingerprint density at radius 3 is 2.73 bits per heavy atom. The van der Waals surface area contributed by atoms with Gasteiger partial charge in [0.15, 0.2) is 0 Å². The SMILES string of the molecule is O=C(O)C1CCc2ccc(-c3cccc(Cl)c3OCC3CCCC3)cc21. The molecule has 0 aromatic heterocycles. The van der Waals surface area contributed by atoms with Crippen molar-refractivity contribution < 1.29 is 14.6 Å². The number of aryl methyl sites for hydroxylation is 1. The standard InChI is InChI=1S/C22H23ClO3/c23-20-7-3-6-17(21(20)26-13-14-4-1-2-5-14)16-9-8-15-10-11-18(22(24)25)19(15)12-16/h3,6-9,12,14,18H,1-2,4-5,10-11,13H2,(H,24,25). The van der Waals surface area contributed by atoms with Crippen molar-refractivity contribution in [2.75, 3.05) is 6.61 Å². The summed E-state index contributed by atoms with van der Waals surface area (Å²) in [4.78, 5) is 11.5. The van der Waals surface area contributed by atoms with Gasteiger partial charge in [-0.3, -0.25) is 4.79 Å². The first kappa shape index (κ1) is 17.4. The van der Waals surface area contributed by atoms with E-state index in [4.69, 9.17) is 16.3 Å². The number of ether oxygens (including phenoxy) is 1. The van der Waals surface area contributed by atoms with Gasteiger partial charge in [0.1, 0.15) is 5.75 Å². The summed E-state index contributed by atoms with van der Waals surface area (Å²) in [5.74, 6) is 0.165. The summed E-state index contributed by atoms with van der Waals surface area (Å²) < 4.78 is 6.15. The molecule has 4 heteroatoms. The first-order valence-electron chi connectivity index (χ1n) is 9.41. The number of benzene rings is 2. The summed E-state index contributed by atoms with van der Waals surface area (Å²) in [7, 11) is 0. The third-order valence-electron chi connectivity index (χ3n) is 5.74. The second kappa shape index (κ2) is 7.32. The Bertz CT molecular complexity index is 824. The van der Waals surface area contributed by atoms with Gasteiger partial charge in [-0.25, -0.2) is 0 Å². The molecule has 0 aliphatic heterocycles. The Morgan fingerprint density at radius 2 is 1.96 bits per heavy atom. The summed E-state index contributed by atoms with van der Waals surface area (Å²) in [6.45, 7) is 0.694. The molecular weight excluding hydrogens is 348 g/mol. The summed E-state index contributed by atoms with van der Waals surface area (Å²) >= 11 is 6.44. The van der Waals surface area contributed by atoms with Gasteiger partial charge in [-0.15, -0.1) is 0 Å². The Kier molecular flexibility index (Phi) is 4.90. The predicted molar refractivity (Wildman–Crippen MR) is 103 cm³/mol. The van der Waals surface area contributed by atoms with Crippen molar-refractivity contribution in [3.8, 4) is 16.9 Å². The lowest BCUT2D eigenvalue weighted by molar-refractivity contribution is -0.138. The van der Waals surface area contributed by atoms with E-state index in [1.165, 1.54) is 25.7 Å². The molecule has 136 valence electrons. The maximum Gasteiger partial charge on any atom is 0.310 e. The minimum absolute atomic E-state index is 0.410. The van der Waals surface area contributed by atoms with Crippen LogP contribution in [0.3, 0.4) is 0 Å². The Balaban J connectivity index is 1.66. The average molecular weight is 371 g/mol. The van der Waals surface area contributed by atoms with Crippen LogP contribution in [0, 0.1) is 5.92 Å². The number of carboxylic acid groups (broad SMARTS) is 1. The summed E-state index contributed by atoms with van der Waals surface area (Å²) in [5.41, 5.74) is 3.98. The zero-order chi connectivity index (χ0) is 18.1. The number of rotatable bonds is 5. The largest absolute Gasteiger partial charge is 0.491 e. The molecule has 2 aliphatic rings. The van der Waals surface area contributed by atoms with Gasteiger partial charge in [-0.05, 0) is 60.4 Å². The Labute approximate surface area is 158 Å². The highest BCUT2D eigenvalue weighted by Gasteiger charge is 2.29. The van der Waals surface area contributed by atoms with E-state index in [0.717, 1.165) is 28.7 Å². The predicted octanol–water partition coefficient (Wildman–Crippen LogP) is 5.69. The fourth-order valence-electron chi connectivity index (χ4n) is 4.29. The number of hydrogen-bond acceptors (Lipinski definition) is 2. The molecule has 2 aromatic rings. The van der Waals surface area contributed by atoms with Crippen molar-refractivity contribution in [1.82, 2.24) is 0 Å². The minimum atomic E-state index is -0.746. The van der Waals surface area contributed by atoms with E-state index in [-0.39, 0.29) is 0 Å². The molecule has 1 unspecified atom stereocenters. The van der Waals surface area contributed by atoms with Crippen LogP contribution in [0.2, 0.25) is 5.02 Å². The van der Waals surface area contributed by atoms with Gasteiger partial charge in [0.25, 0.3) is 0 Å². The number of carboxylic acids is 1. The van der Waals surface area contributed by atoms with Crippen LogP contribution in [0.25, 0.3) is 11.1 Å². The second-order valence-corrected chi connectivity index (χ2v) is 7.83. The van der Waals surface area contributed by atoms with E-state index in [9.17, 15) is 9.90 Å². The number of fused-ring (bicyclic) bond motifs is 1. The van der Waals surface area contributed by atoms with Gasteiger partial charge in [0.05, 0.1) is 17.5 Å². The monoisotopic (exact) mass is 370 g/mol. The molecule has 0 saturated heterocycles. The molecule has 1 fully saturated rings. The van der Waals surface area contributed by atoms with Crippen LogP contribution in [-0.2, 0) is 11.2 Å². The van der Waals surface area contributed by atoms with E-state index in [2.05, 4.69) is 12.1 Å². The lowest BCUT2D eigenvalue weighted by Gasteiger charge is -2.17. The number of hydrogen-bond donors (Lipinski definition) is 1. The highest BCUT2D eigenvalue weighted by molar-refractivity contribution is 6.32. The van der Waals surface area contributed by atoms with Crippen molar-refractivity contribution in [1.29, 1.82) is 0 Å². The maximum absolute atomic E-state index is 11.5. The normalized spacial score (nSPS) is 19.5. The van der Waals surface area contributed by atoms with Crippen molar-refractivity contribution in [3.63, 3.8) is 0 Å². The molecule has 26 heavy (non-hydrogen) atoms. The van der Waals surface area contributed by atoms with E-state index in [0.29, 0.717) is 29.7 Å². The van der Waals surface area contributed by atoms with Gasteiger partial charge in [0.2, 0.25) is 0 Å². The fourth-order valence-corrected chi connectivity index (χ4v) is 4.52. The third-order valence-corrected chi connectivity index (χ3v) is 6.04. The van der Waals surface area contributed by atoms with Gasteiger partial charge >= 0.3 is 5.97 Å². The van der Waals surface area contributed by atoms with Crippen LogP contribution in [0.4, 0.5) is 0 Å². The molecule has 1 N–H and O–H groups in total. The molecule has 1 saturated carbocycles. The van der Waals surface area contributed by atoms with Crippen molar-refractivity contribution in [2.24, 2.45) is 5.92 Å². The molecular formula is C22H23ClO3. The zero-order valence-corrected chi connectivity index (χ0v) is 15.5. The number of aliphatic carboxylic acids is 1. The Hall–Kier alpha value is -2.00. The van der Waals surface area contributed by atoms with Crippen LogP contribution in [0.5, 0.6) is 5.75 Å². The molecule has 0 spiro atoms. The van der Waals surface area contributed by atoms with Crippen LogP contribution in [0.15, 0.2) is 36.4 Å². The molecule has 0 radical (unpaired) electrons. The van der Waals surface area contributed by atoms with Crippen LogP contribution >= 0.6 is 11.6 Å². The highest BCUT2D eigenvalue weighted by atomic mass is 35.5. The molecule has 2 aliphatic carbocycles. The van der Waals surface area contributed by atoms with Crippen LogP contribution in [0.1, 0.15) is 49.1 Å². The van der Waals surface area contributed by atoms with Gasteiger partial charge in [-0.2, -0.15) is 0 Å². The molecule has 2 aromatic carbocycles. The van der Waals surface area contributed by atoms with E-state index in [1.54, 1.807) is 0 Å². The quantitative estimate of drug-likeness (QED) is 0.735. The molecule has 4 rings (SSSR count). The van der Waals surface area contributed by atoms with Crippen molar-refractivity contribution >= 4 is 17.6 Å². The van der Waals surface area contributed by atoms with E-state index < -0.39 is 11.9 Å². The minimum Gasteiger partial charge on any atom is -0.491 e. The maximum atomic E-state index is 11.5. The van der Waals surface area contributed by atoms with Gasteiger partial charge in [0, 0.05) is 5.56 Å². The van der Waals surface area contributed by atoms with Crippen molar-refractivity contribution in [2.45, 2.75) is 44.4 Å².